The van der Waals surface area contributed by atoms with E-state index in [1.807, 2.05) is 18.2 Å². The lowest BCUT2D eigenvalue weighted by Gasteiger charge is -2.50. The van der Waals surface area contributed by atoms with Gasteiger partial charge in [0, 0.05) is 18.5 Å². The molecular weight excluding hydrogens is 309 g/mol. The number of carbonyl (C=O) groups excluding carboxylic acids is 2. The van der Waals surface area contributed by atoms with Gasteiger partial charge in [0.15, 0.2) is 0 Å². The fourth-order valence-electron chi connectivity index (χ4n) is 3.52. The third kappa shape index (κ3) is 2.87. The summed E-state index contributed by atoms with van der Waals surface area (Å²) in [4.78, 5) is 23.9. The van der Waals surface area contributed by atoms with Crippen molar-refractivity contribution >= 4 is 35.0 Å². The van der Waals surface area contributed by atoms with Gasteiger partial charge in [0.1, 0.15) is 11.2 Å². The van der Waals surface area contributed by atoms with E-state index in [4.69, 9.17) is 11.6 Å². The van der Waals surface area contributed by atoms with Crippen LogP contribution in [0.5, 0.6) is 0 Å². The SMILES string of the molecule is Cl.O=C(Cl)C12CCC(NCc3ccccc3)(CC1)CC2=O. The quantitative estimate of drug-likeness (QED) is 0.682. The maximum atomic E-state index is 12.3. The van der Waals surface area contributed by atoms with Crippen molar-refractivity contribution in [3.8, 4) is 0 Å². The second kappa shape index (κ2) is 6.07. The molecule has 0 atom stereocenters. The first-order valence-corrected chi connectivity index (χ1v) is 7.46. The zero-order chi connectivity index (χ0) is 14.2. The average Bonchev–Trinajstić information content (AvgIpc) is 2.47. The van der Waals surface area contributed by atoms with Crippen molar-refractivity contribution in [1.29, 1.82) is 0 Å². The highest BCUT2D eigenvalue weighted by molar-refractivity contribution is 6.66. The lowest BCUT2D eigenvalue weighted by atomic mass is 9.57. The molecule has 0 spiro atoms. The van der Waals surface area contributed by atoms with Crippen LogP contribution in [0.15, 0.2) is 30.3 Å². The lowest BCUT2D eigenvalue weighted by molar-refractivity contribution is -0.147. The second-order valence-corrected chi connectivity index (χ2v) is 6.42. The van der Waals surface area contributed by atoms with Gasteiger partial charge in [-0.25, -0.2) is 0 Å². The molecule has 3 nitrogen and oxygen atoms in total. The number of ketones is 1. The molecule has 0 aromatic heterocycles. The first-order valence-electron chi connectivity index (χ1n) is 7.09. The molecular formula is C16H19Cl2NO2. The Hall–Kier alpha value is -0.900. The van der Waals surface area contributed by atoms with Crippen LogP contribution in [-0.2, 0) is 16.1 Å². The van der Waals surface area contributed by atoms with E-state index < -0.39 is 10.7 Å². The summed E-state index contributed by atoms with van der Waals surface area (Å²) in [5, 5.41) is 3.09. The Bertz CT molecular complexity index is 536. The van der Waals surface area contributed by atoms with Crippen LogP contribution in [0, 0.1) is 5.41 Å². The second-order valence-electron chi connectivity index (χ2n) is 6.08. The van der Waals surface area contributed by atoms with E-state index in [0.717, 1.165) is 19.4 Å². The van der Waals surface area contributed by atoms with Gasteiger partial charge in [-0.3, -0.25) is 9.59 Å². The van der Waals surface area contributed by atoms with Gasteiger partial charge in [-0.1, -0.05) is 30.3 Å². The molecule has 21 heavy (non-hydrogen) atoms. The first kappa shape index (κ1) is 16.5. The standard InChI is InChI=1S/C16H18ClNO2.ClH/c17-14(20)16-8-6-15(7-9-16,10-13(16)19)18-11-12-4-2-1-3-5-12;/h1-5,18H,6-11H2;1H. The smallest absolute Gasteiger partial charge is 0.235 e. The number of nitrogens with one attached hydrogen (secondary N) is 1. The van der Waals surface area contributed by atoms with Crippen molar-refractivity contribution in [2.75, 3.05) is 0 Å². The van der Waals surface area contributed by atoms with Gasteiger partial charge in [-0.15, -0.1) is 12.4 Å². The fraction of sp³-hybridized carbons (Fsp3) is 0.500. The van der Waals surface area contributed by atoms with Crippen LogP contribution < -0.4 is 5.32 Å². The molecule has 1 aromatic rings. The maximum absolute atomic E-state index is 12.3. The molecule has 0 radical (unpaired) electrons. The van der Waals surface area contributed by atoms with Crippen molar-refractivity contribution in [2.45, 2.75) is 44.2 Å². The van der Waals surface area contributed by atoms with Crippen LogP contribution in [0.1, 0.15) is 37.7 Å². The molecule has 4 rings (SSSR count). The fourth-order valence-corrected chi connectivity index (χ4v) is 3.81. The summed E-state index contributed by atoms with van der Waals surface area (Å²) in [5.41, 5.74) is 0.198. The molecule has 0 saturated heterocycles. The lowest BCUT2D eigenvalue weighted by Crippen LogP contribution is -2.60. The van der Waals surface area contributed by atoms with Gasteiger partial charge in [-0.2, -0.15) is 0 Å². The van der Waals surface area contributed by atoms with Crippen LogP contribution in [0.25, 0.3) is 0 Å². The highest BCUT2D eigenvalue weighted by Gasteiger charge is 2.57. The van der Waals surface area contributed by atoms with Crippen LogP contribution in [0.3, 0.4) is 0 Å². The number of fused-ring (bicyclic) bond motifs is 3. The summed E-state index contributed by atoms with van der Waals surface area (Å²) >= 11 is 5.67. The summed E-state index contributed by atoms with van der Waals surface area (Å²) in [5.74, 6) is 0.0237. The van der Waals surface area contributed by atoms with E-state index in [9.17, 15) is 9.59 Å². The normalized spacial score (nSPS) is 30.8. The topological polar surface area (TPSA) is 46.2 Å². The van der Waals surface area contributed by atoms with Crippen molar-refractivity contribution in [2.24, 2.45) is 5.41 Å². The third-order valence-electron chi connectivity index (χ3n) is 4.98. The van der Waals surface area contributed by atoms with E-state index in [0.29, 0.717) is 19.3 Å². The van der Waals surface area contributed by atoms with Crippen LogP contribution in [0.4, 0.5) is 0 Å². The first-order chi connectivity index (χ1) is 9.56. The van der Waals surface area contributed by atoms with Crippen LogP contribution in [0.2, 0.25) is 0 Å². The van der Waals surface area contributed by atoms with Crippen LogP contribution in [-0.4, -0.2) is 16.6 Å². The minimum atomic E-state index is -0.877. The number of rotatable bonds is 4. The number of hydrogen-bond donors (Lipinski definition) is 1. The minimum Gasteiger partial charge on any atom is -0.307 e. The zero-order valence-electron chi connectivity index (χ0n) is 11.7. The Morgan fingerprint density at radius 2 is 1.76 bits per heavy atom. The van der Waals surface area contributed by atoms with Crippen molar-refractivity contribution in [3.63, 3.8) is 0 Å². The van der Waals surface area contributed by atoms with Gasteiger partial charge < -0.3 is 5.32 Å². The van der Waals surface area contributed by atoms with Crippen LogP contribution >= 0.6 is 24.0 Å². The maximum Gasteiger partial charge on any atom is 0.235 e. The molecule has 3 fully saturated rings. The molecule has 3 saturated carbocycles. The Labute approximate surface area is 135 Å². The van der Waals surface area contributed by atoms with E-state index in [-0.39, 0.29) is 23.7 Å². The molecule has 0 heterocycles. The van der Waals surface area contributed by atoms with E-state index in [1.165, 1.54) is 5.56 Å². The molecule has 1 N–H and O–H groups in total. The summed E-state index contributed by atoms with van der Waals surface area (Å²) in [6.45, 7) is 0.760. The zero-order valence-corrected chi connectivity index (χ0v) is 13.3. The molecule has 0 unspecified atom stereocenters. The van der Waals surface area contributed by atoms with Crippen molar-refractivity contribution in [1.82, 2.24) is 5.32 Å². The Balaban J connectivity index is 0.00000161. The monoisotopic (exact) mass is 327 g/mol. The summed E-state index contributed by atoms with van der Waals surface area (Å²) in [6, 6.07) is 10.2. The third-order valence-corrected chi connectivity index (χ3v) is 5.34. The molecule has 3 aliphatic carbocycles. The molecule has 1 aromatic carbocycles. The highest BCUT2D eigenvalue weighted by atomic mass is 35.5. The number of benzene rings is 1. The average molecular weight is 328 g/mol. The molecule has 0 aliphatic heterocycles. The van der Waals surface area contributed by atoms with Crippen molar-refractivity contribution in [3.05, 3.63) is 35.9 Å². The van der Waals surface area contributed by atoms with Gasteiger partial charge >= 0.3 is 0 Å². The Kier molecular flexibility index (Phi) is 4.76. The minimum absolute atomic E-state index is 0. The molecule has 114 valence electrons. The van der Waals surface area contributed by atoms with E-state index in [1.54, 1.807) is 0 Å². The van der Waals surface area contributed by atoms with E-state index in [2.05, 4.69) is 17.4 Å². The summed E-state index contributed by atoms with van der Waals surface area (Å²) < 4.78 is 0. The molecule has 2 bridgehead atoms. The highest BCUT2D eigenvalue weighted by Crippen LogP contribution is 2.51. The number of carbonyl (C=O) groups is 2. The van der Waals surface area contributed by atoms with Gasteiger partial charge in [0.2, 0.25) is 5.24 Å². The predicted octanol–water partition coefficient (Wildman–Crippen LogP) is 3.24. The number of halogens is 2. The van der Waals surface area contributed by atoms with Crippen molar-refractivity contribution < 1.29 is 9.59 Å². The summed E-state index contributed by atoms with van der Waals surface area (Å²) in [6.07, 6.45) is 3.32. The van der Waals surface area contributed by atoms with Gasteiger partial charge in [0.25, 0.3) is 0 Å². The summed E-state index contributed by atoms with van der Waals surface area (Å²) in [7, 11) is 0. The number of Topliss-reactive ketones (excluding diaryl/α,β-unsaturated/α-hetero) is 1. The van der Waals surface area contributed by atoms with E-state index >= 15 is 0 Å². The molecule has 0 amide bonds. The van der Waals surface area contributed by atoms with Gasteiger partial charge in [0.05, 0.1) is 0 Å². The van der Waals surface area contributed by atoms with Gasteiger partial charge in [-0.05, 0) is 42.8 Å². The molecule has 3 aliphatic rings. The Morgan fingerprint density at radius 1 is 1.14 bits per heavy atom. The predicted molar refractivity (Wildman–Crippen MR) is 84.6 cm³/mol. The number of hydrogen-bond acceptors (Lipinski definition) is 3. The molecule has 5 heteroatoms. The largest absolute Gasteiger partial charge is 0.307 e. The Morgan fingerprint density at radius 3 is 2.29 bits per heavy atom.